The highest BCUT2D eigenvalue weighted by Crippen LogP contribution is 2.48. The quantitative estimate of drug-likeness (QED) is 0.412. The molecule has 0 fully saturated rings. The van der Waals surface area contributed by atoms with Crippen LogP contribution < -0.4 is 0 Å². The van der Waals surface area contributed by atoms with E-state index >= 15 is 0 Å². The maximum atomic E-state index is 14.1. The van der Waals surface area contributed by atoms with Gasteiger partial charge in [0.15, 0.2) is 0 Å². The summed E-state index contributed by atoms with van der Waals surface area (Å²) in [5.74, 6) is -0.560. The zero-order chi connectivity index (χ0) is 15.7. The van der Waals surface area contributed by atoms with Gasteiger partial charge in [-0.05, 0) is 17.7 Å². The van der Waals surface area contributed by atoms with Crippen molar-refractivity contribution < 1.29 is 4.39 Å². The van der Waals surface area contributed by atoms with E-state index in [4.69, 9.17) is 63.3 Å². The maximum absolute atomic E-state index is 14.1. The summed E-state index contributed by atoms with van der Waals surface area (Å²) in [6, 6.07) is 6.19. The SMILES string of the molecule is N#CCc1ccc(F)c(-c2c(Cl)c(Cl)c(Cl)c(Cl)c2Cl)c1. The molecule has 0 atom stereocenters. The summed E-state index contributed by atoms with van der Waals surface area (Å²) < 4.78 is 14.1. The molecular weight excluding hydrogens is 378 g/mol. The average Bonchev–Trinajstić information content (AvgIpc) is 2.47. The standard InChI is InChI=1S/C14H5Cl5FN/c15-10-9(11(16)13(18)14(19)12(10)17)7-5-6(3-4-21)1-2-8(7)20/h1-2,5H,3H2. The molecule has 0 saturated heterocycles. The lowest BCUT2D eigenvalue weighted by Crippen LogP contribution is -1.92. The molecule has 0 N–H and O–H groups in total. The van der Waals surface area contributed by atoms with Crippen LogP contribution in [0, 0.1) is 17.1 Å². The molecule has 0 aliphatic carbocycles. The van der Waals surface area contributed by atoms with Crippen molar-refractivity contribution in [3.63, 3.8) is 0 Å². The van der Waals surface area contributed by atoms with Gasteiger partial charge in [-0.1, -0.05) is 64.1 Å². The van der Waals surface area contributed by atoms with Crippen molar-refractivity contribution in [3.05, 3.63) is 54.7 Å². The molecule has 2 aromatic carbocycles. The van der Waals surface area contributed by atoms with Crippen molar-refractivity contribution in [1.82, 2.24) is 0 Å². The number of halogens is 6. The Morgan fingerprint density at radius 1 is 0.905 bits per heavy atom. The molecule has 0 heterocycles. The topological polar surface area (TPSA) is 23.8 Å². The van der Waals surface area contributed by atoms with Gasteiger partial charge in [0.25, 0.3) is 0 Å². The summed E-state index contributed by atoms with van der Waals surface area (Å²) in [7, 11) is 0. The van der Waals surface area contributed by atoms with E-state index in [2.05, 4.69) is 0 Å². The van der Waals surface area contributed by atoms with Gasteiger partial charge in [0.05, 0.1) is 37.6 Å². The Labute approximate surface area is 145 Å². The molecule has 0 aliphatic rings. The van der Waals surface area contributed by atoms with Crippen molar-refractivity contribution in [1.29, 1.82) is 5.26 Å². The normalized spacial score (nSPS) is 10.5. The predicted octanol–water partition coefficient (Wildman–Crippen LogP) is 6.83. The zero-order valence-electron chi connectivity index (χ0n) is 10.2. The minimum Gasteiger partial charge on any atom is -0.206 e. The van der Waals surface area contributed by atoms with Gasteiger partial charge >= 0.3 is 0 Å². The lowest BCUT2D eigenvalue weighted by atomic mass is 10.0. The van der Waals surface area contributed by atoms with Crippen molar-refractivity contribution in [3.8, 4) is 17.2 Å². The second kappa shape index (κ2) is 6.60. The van der Waals surface area contributed by atoms with E-state index in [1.54, 1.807) is 0 Å². The van der Waals surface area contributed by atoms with E-state index in [1.165, 1.54) is 18.2 Å². The van der Waals surface area contributed by atoms with Crippen LogP contribution in [-0.2, 0) is 6.42 Å². The van der Waals surface area contributed by atoms with Gasteiger partial charge in [0.2, 0.25) is 0 Å². The highest BCUT2D eigenvalue weighted by Gasteiger charge is 2.22. The van der Waals surface area contributed by atoms with Crippen molar-refractivity contribution in [2.45, 2.75) is 6.42 Å². The third-order valence-corrected chi connectivity index (χ3v) is 5.07. The summed E-state index contributed by atoms with van der Waals surface area (Å²) >= 11 is 30.1. The van der Waals surface area contributed by atoms with Crippen LogP contribution in [0.2, 0.25) is 25.1 Å². The number of hydrogen-bond acceptors (Lipinski definition) is 1. The molecule has 0 radical (unpaired) electrons. The third-order valence-electron chi connectivity index (χ3n) is 2.79. The van der Waals surface area contributed by atoms with E-state index in [1.807, 2.05) is 6.07 Å². The predicted molar refractivity (Wildman–Crippen MR) is 86.2 cm³/mol. The van der Waals surface area contributed by atoms with E-state index in [-0.39, 0.29) is 42.7 Å². The molecule has 0 spiro atoms. The number of benzene rings is 2. The van der Waals surface area contributed by atoms with Crippen molar-refractivity contribution in [2.24, 2.45) is 0 Å². The monoisotopic (exact) mass is 381 g/mol. The average molecular weight is 383 g/mol. The van der Waals surface area contributed by atoms with Gasteiger partial charge < -0.3 is 0 Å². The van der Waals surface area contributed by atoms with Gasteiger partial charge in [-0.25, -0.2) is 4.39 Å². The van der Waals surface area contributed by atoms with Crippen LogP contribution in [0.4, 0.5) is 4.39 Å². The molecular formula is C14H5Cl5FN. The lowest BCUT2D eigenvalue weighted by Gasteiger charge is -2.14. The Morgan fingerprint density at radius 3 is 1.95 bits per heavy atom. The highest BCUT2D eigenvalue weighted by atomic mass is 35.5. The van der Waals surface area contributed by atoms with E-state index in [9.17, 15) is 4.39 Å². The van der Waals surface area contributed by atoms with Gasteiger partial charge in [-0.15, -0.1) is 0 Å². The number of nitriles is 1. The number of rotatable bonds is 2. The van der Waals surface area contributed by atoms with Crippen molar-refractivity contribution in [2.75, 3.05) is 0 Å². The first kappa shape index (κ1) is 16.7. The molecule has 1 nitrogen and oxygen atoms in total. The van der Waals surface area contributed by atoms with E-state index in [0.29, 0.717) is 5.56 Å². The Kier molecular flexibility index (Phi) is 5.24. The molecule has 2 aromatic rings. The molecule has 0 unspecified atom stereocenters. The summed E-state index contributed by atoms with van der Waals surface area (Å²) in [5.41, 5.74) is 0.872. The van der Waals surface area contributed by atoms with Crippen LogP contribution in [0.1, 0.15) is 5.56 Å². The molecule has 0 aliphatic heterocycles. The van der Waals surface area contributed by atoms with Gasteiger partial charge in [0.1, 0.15) is 5.82 Å². The minimum atomic E-state index is -0.560. The molecule has 0 aromatic heterocycles. The summed E-state index contributed by atoms with van der Waals surface area (Å²) in [4.78, 5) is 0. The minimum absolute atomic E-state index is 0.00377. The smallest absolute Gasteiger partial charge is 0.131 e. The molecule has 0 bridgehead atoms. The largest absolute Gasteiger partial charge is 0.206 e. The Balaban J connectivity index is 2.79. The number of hydrogen-bond donors (Lipinski definition) is 0. The summed E-state index contributed by atoms with van der Waals surface area (Å²) in [5, 5.41) is 8.73. The molecule has 0 saturated carbocycles. The van der Waals surface area contributed by atoms with Crippen LogP contribution in [0.15, 0.2) is 18.2 Å². The Hall–Kier alpha value is -0.690. The second-order valence-corrected chi connectivity index (χ2v) is 5.98. The molecule has 21 heavy (non-hydrogen) atoms. The second-order valence-electron chi connectivity index (χ2n) is 4.09. The first-order chi connectivity index (χ1) is 9.88. The summed E-state index contributed by atoms with van der Waals surface area (Å²) in [6.45, 7) is 0. The van der Waals surface area contributed by atoms with E-state index < -0.39 is 5.82 Å². The molecule has 2 rings (SSSR count). The lowest BCUT2D eigenvalue weighted by molar-refractivity contribution is 0.631. The molecule has 108 valence electrons. The Morgan fingerprint density at radius 2 is 1.43 bits per heavy atom. The fraction of sp³-hybridized carbons (Fsp3) is 0.0714. The zero-order valence-corrected chi connectivity index (χ0v) is 13.9. The first-order valence-corrected chi connectivity index (χ1v) is 7.44. The maximum Gasteiger partial charge on any atom is 0.131 e. The van der Waals surface area contributed by atoms with Crippen LogP contribution in [0.3, 0.4) is 0 Å². The summed E-state index contributed by atoms with van der Waals surface area (Å²) in [6.07, 6.45) is 0.123. The van der Waals surface area contributed by atoms with Crippen LogP contribution >= 0.6 is 58.0 Å². The van der Waals surface area contributed by atoms with Crippen LogP contribution in [0.5, 0.6) is 0 Å². The van der Waals surface area contributed by atoms with Gasteiger partial charge in [0, 0.05) is 11.1 Å². The highest BCUT2D eigenvalue weighted by molar-refractivity contribution is 6.56. The third kappa shape index (κ3) is 3.08. The van der Waals surface area contributed by atoms with Crippen molar-refractivity contribution >= 4 is 58.0 Å². The van der Waals surface area contributed by atoms with E-state index in [0.717, 1.165) is 0 Å². The van der Waals surface area contributed by atoms with Crippen LogP contribution in [-0.4, -0.2) is 0 Å². The molecule has 0 amide bonds. The Bertz CT molecular complexity index is 738. The van der Waals surface area contributed by atoms with Gasteiger partial charge in [-0.3, -0.25) is 0 Å². The van der Waals surface area contributed by atoms with Gasteiger partial charge in [-0.2, -0.15) is 5.26 Å². The fourth-order valence-corrected chi connectivity index (χ4v) is 3.15. The molecule has 7 heteroatoms. The number of nitrogens with zero attached hydrogens (tertiary/aromatic N) is 1. The van der Waals surface area contributed by atoms with Crippen LogP contribution in [0.25, 0.3) is 11.1 Å². The first-order valence-electron chi connectivity index (χ1n) is 5.55. The fourth-order valence-electron chi connectivity index (χ4n) is 1.81.